The molecule has 0 aliphatic heterocycles. The van der Waals surface area contributed by atoms with E-state index in [0.717, 1.165) is 6.42 Å². The summed E-state index contributed by atoms with van der Waals surface area (Å²) in [7, 11) is 0. The second-order valence-corrected chi connectivity index (χ2v) is 1.59. The van der Waals surface area contributed by atoms with Crippen LogP contribution in [0.5, 0.6) is 0 Å². The highest BCUT2D eigenvalue weighted by Gasteiger charge is 1.79. The number of carbonyl (C=O) groups excluding carboxylic acids is 1. The van der Waals surface area contributed by atoms with Crippen molar-refractivity contribution in [2.24, 2.45) is 10.8 Å². The van der Waals surface area contributed by atoms with E-state index >= 15 is 0 Å². The average molecular weight is 141 g/mol. The van der Waals surface area contributed by atoms with Crippen molar-refractivity contribution in [2.75, 3.05) is 0 Å². The number of urea groups is 1. The fourth-order valence-electron chi connectivity index (χ4n) is 0.341. The third-order valence-electron chi connectivity index (χ3n) is 0.707. The lowest BCUT2D eigenvalue weighted by atomic mass is 10.4. The molecule has 4 nitrogen and oxygen atoms in total. The molecule has 3 N–H and O–H groups in total. The van der Waals surface area contributed by atoms with Gasteiger partial charge in [-0.3, -0.25) is 0 Å². The molecule has 0 radical (unpaired) electrons. The smallest absolute Gasteiger partial charge is 0.332 e. The summed E-state index contributed by atoms with van der Waals surface area (Å²) in [4.78, 5) is 10.0. The van der Waals surface area contributed by atoms with Gasteiger partial charge in [0.1, 0.15) is 0 Å². The summed E-state index contributed by atoms with van der Waals surface area (Å²) in [5.41, 5.74) is 6.78. The Balaban J connectivity index is 3.37. The predicted molar refractivity (Wildman–Crippen MR) is 40.6 cm³/mol. The summed E-state index contributed by atoms with van der Waals surface area (Å²) in [6.45, 7) is 2.01. The van der Waals surface area contributed by atoms with Gasteiger partial charge in [-0.1, -0.05) is 13.0 Å². The second kappa shape index (κ2) is 5.81. The van der Waals surface area contributed by atoms with Crippen LogP contribution in [-0.2, 0) is 0 Å². The van der Waals surface area contributed by atoms with Gasteiger partial charge in [0.25, 0.3) is 0 Å². The van der Waals surface area contributed by atoms with Crippen LogP contribution in [0.3, 0.4) is 0 Å². The monoisotopic (exact) mass is 141 g/mol. The maximum Gasteiger partial charge on any atom is 0.332 e. The molecule has 56 valence electrons. The molecule has 0 bridgehead atoms. The number of primary amides is 1. The third kappa shape index (κ3) is 6.68. The minimum atomic E-state index is -0.652. The van der Waals surface area contributed by atoms with Crippen LogP contribution in [-0.4, -0.2) is 12.2 Å². The standard InChI is InChI=1S/C6H11N3O/c1-2-3-4-5-8-9-6(7)10/h3-5H,2H2,1H3,(H3,7,9,10)/b4-3+,8-5+. The number of nitrogens with two attached hydrogens (primary N) is 1. The van der Waals surface area contributed by atoms with Crippen molar-refractivity contribution in [1.29, 1.82) is 0 Å². The van der Waals surface area contributed by atoms with Crippen molar-refractivity contribution in [3.8, 4) is 0 Å². The van der Waals surface area contributed by atoms with Gasteiger partial charge in [0.2, 0.25) is 0 Å². The van der Waals surface area contributed by atoms with Gasteiger partial charge < -0.3 is 5.73 Å². The van der Waals surface area contributed by atoms with E-state index in [-0.39, 0.29) is 0 Å². The summed E-state index contributed by atoms with van der Waals surface area (Å²) >= 11 is 0. The van der Waals surface area contributed by atoms with Crippen LogP contribution in [0.15, 0.2) is 17.3 Å². The van der Waals surface area contributed by atoms with Crippen LogP contribution in [0.1, 0.15) is 13.3 Å². The Morgan fingerprint density at radius 1 is 1.80 bits per heavy atom. The van der Waals surface area contributed by atoms with Crippen LogP contribution < -0.4 is 11.2 Å². The van der Waals surface area contributed by atoms with E-state index < -0.39 is 6.03 Å². The van der Waals surface area contributed by atoms with Crippen molar-refractivity contribution < 1.29 is 4.79 Å². The lowest BCUT2D eigenvalue weighted by Crippen LogP contribution is -2.24. The van der Waals surface area contributed by atoms with Gasteiger partial charge in [-0.25, -0.2) is 10.2 Å². The SMILES string of the molecule is CC/C=C/C=N/NC(N)=O. The number of amides is 2. The van der Waals surface area contributed by atoms with Crippen molar-refractivity contribution >= 4 is 12.2 Å². The molecule has 0 atom stereocenters. The first-order valence-electron chi connectivity index (χ1n) is 3.01. The first-order chi connectivity index (χ1) is 4.77. The van der Waals surface area contributed by atoms with E-state index in [4.69, 9.17) is 5.73 Å². The largest absolute Gasteiger partial charge is 0.350 e. The van der Waals surface area contributed by atoms with E-state index in [1.54, 1.807) is 6.08 Å². The lowest BCUT2D eigenvalue weighted by Gasteiger charge is -1.86. The van der Waals surface area contributed by atoms with E-state index in [1.165, 1.54) is 6.21 Å². The molecule has 0 aromatic heterocycles. The molecule has 10 heavy (non-hydrogen) atoms. The Morgan fingerprint density at radius 2 is 2.50 bits per heavy atom. The molecule has 4 heteroatoms. The highest BCUT2D eigenvalue weighted by Crippen LogP contribution is 1.74. The molecule has 0 aromatic rings. The Bertz CT molecular complexity index is 151. The number of hydrogen-bond donors (Lipinski definition) is 2. The Morgan fingerprint density at radius 3 is 3.00 bits per heavy atom. The molecule has 0 aromatic carbocycles. The maximum absolute atomic E-state index is 10.0. The van der Waals surface area contributed by atoms with Gasteiger partial charge in [0.15, 0.2) is 0 Å². The zero-order chi connectivity index (χ0) is 7.82. The number of allylic oxidation sites excluding steroid dienone is 2. The highest BCUT2D eigenvalue weighted by atomic mass is 16.2. The molecule has 0 rings (SSSR count). The van der Waals surface area contributed by atoms with Gasteiger partial charge in [-0.15, -0.1) is 0 Å². The number of hydrogen-bond acceptors (Lipinski definition) is 2. The summed E-state index contributed by atoms with van der Waals surface area (Å²) in [5, 5.41) is 3.47. The number of rotatable bonds is 3. The summed E-state index contributed by atoms with van der Waals surface area (Å²) in [6, 6.07) is -0.652. The van der Waals surface area contributed by atoms with Gasteiger partial charge in [-0.05, 0) is 12.5 Å². The number of nitrogens with zero attached hydrogens (tertiary/aromatic N) is 1. The Kier molecular flexibility index (Phi) is 5.04. The first kappa shape index (κ1) is 8.68. The van der Waals surface area contributed by atoms with Crippen molar-refractivity contribution in [1.82, 2.24) is 5.43 Å². The zero-order valence-corrected chi connectivity index (χ0v) is 5.87. The molecule has 0 saturated heterocycles. The second-order valence-electron chi connectivity index (χ2n) is 1.59. The topological polar surface area (TPSA) is 67.5 Å². The molecular weight excluding hydrogens is 130 g/mol. The third-order valence-corrected chi connectivity index (χ3v) is 0.707. The van der Waals surface area contributed by atoms with E-state index in [9.17, 15) is 4.79 Å². The predicted octanol–water partition coefficient (Wildman–Crippen LogP) is 0.607. The Hall–Kier alpha value is -1.32. The summed E-state index contributed by atoms with van der Waals surface area (Å²) in [6.07, 6.45) is 6.05. The molecule has 0 saturated carbocycles. The minimum Gasteiger partial charge on any atom is -0.350 e. The fourth-order valence-corrected chi connectivity index (χ4v) is 0.341. The van der Waals surface area contributed by atoms with E-state index in [2.05, 4.69) is 10.5 Å². The normalized spacial score (nSPS) is 10.9. The number of nitrogens with one attached hydrogen (secondary N) is 1. The van der Waals surface area contributed by atoms with Crippen LogP contribution in [0.2, 0.25) is 0 Å². The number of carbonyl (C=O) groups is 1. The molecular formula is C6H11N3O. The molecule has 0 aliphatic carbocycles. The van der Waals surface area contributed by atoms with Gasteiger partial charge in [0, 0.05) is 6.21 Å². The molecule has 0 fully saturated rings. The van der Waals surface area contributed by atoms with E-state index in [0.29, 0.717) is 0 Å². The molecule has 2 amide bonds. The highest BCUT2D eigenvalue weighted by molar-refractivity contribution is 5.75. The maximum atomic E-state index is 10.0. The molecule has 0 spiro atoms. The average Bonchev–Trinajstić information content (AvgIpc) is 1.87. The summed E-state index contributed by atoms with van der Waals surface area (Å²) in [5.74, 6) is 0. The first-order valence-corrected chi connectivity index (χ1v) is 3.01. The van der Waals surface area contributed by atoms with Gasteiger partial charge >= 0.3 is 6.03 Å². The van der Waals surface area contributed by atoms with Crippen LogP contribution >= 0.6 is 0 Å². The molecule has 0 unspecified atom stereocenters. The Labute approximate surface area is 59.8 Å². The van der Waals surface area contributed by atoms with Crippen molar-refractivity contribution in [3.05, 3.63) is 12.2 Å². The van der Waals surface area contributed by atoms with E-state index in [1.807, 2.05) is 13.0 Å². The van der Waals surface area contributed by atoms with Gasteiger partial charge in [-0.2, -0.15) is 5.10 Å². The van der Waals surface area contributed by atoms with Crippen molar-refractivity contribution in [2.45, 2.75) is 13.3 Å². The van der Waals surface area contributed by atoms with Crippen LogP contribution in [0.4, 0.5) is 4.79 Å². The molecule has 0 heterocycles. The fraction of sp³-hybridized carbons (Fsp3) is 0.333. The lowest BCUT2D eigenvalue weighted by molar-refractivity contribution is 0.249. The van der Waals surface area contributed by atoms with Gasteiger partial charge in [0.05, 0.1) is 0 Å². The quantitative estimate of drug-likeness (QED) is 0.438. The minimum absolute atomic E-state index is 0.652. The van der Waals surface area contributed by atoms with Crippen molar-refractivity contribution in [3.63, 3.8) is 0 Å². The van der Waals surface area contributed by atoms with Crippen LogP contribution in [0.25, 0.3) is 0 Å². The summed E-state index contributed by atoms with van der Waals surface area (Å²) < 4.78 is 0. The van der Waals surface area contributed by atoms with Crippen LogP contribution in [0, 0.1) is 0 Å². The zero-order valence-electron chi connectivity index (χ0n) is 5.87. The number of hydrazone groups is 1. The molecule has 0 aliphatic rings.